The molecule has 168 valence electrons. The highest BCUT2D eigenvalue weighted by molar-refractivity contribution is 5.79. The molecule has 1 unspecified atom stereocenters. The van der Waals surface area contributed by atoms with Crippen molar-refractivity contribution in [2.45, 2.75) is 52.7 Å². The summed E-state index contributed by atoms with van der Waals surface area (Å²) in [6, 6.07) is 4.23. The first-order chi connectivity index (χ1) is 14.6. The van der Waals surface area contributed by atoms with Crippen LogP contribution in [0.3, 0.4) is 0 Å². The molecule has 3 rings (SSSR count). The van der Waals surface area contributed by atoms with E-state index >= 15 is 0 Å². The molecule has 0 saturated carbocycles. The Morgan fingerprint density at radius 2 is 2.03 bits per heavy atom. The molecule has 2 saturated heterocycles. The van der Waals surface area contributed by atoms with Gasteiger partial charge in [0.25, 0.3) is 0 Å². The third-order valence-electron chi connectivity index (χ3n) is 5.96. The Morgan fingerprint density at radius 1 is 1.20 bits per heavy atom. The second-order valence-electron chi connectivity index (χ2n) is 8.65. The van der Waals surface area contributed by atoms with Crippen LogP contribution in [0.4, 0.5) is 5.82 Å². The van der Waals surface area contributed by atoms with Gasteiger partial charge >= 0.3 is 0 Å². The summed E-state index contributed by atoms with van der Waals surface area (Å²) in [4.78, 5) is 14.3. The van der Waals surface area contributed by atoms with Crippen LogP contribution in [0.25, 0.3) is 0 Å². The van der Waals surface area contributed by atoms with Crippen LogP contribution in [-0.2, 0) is 11.3 Å². The van der Waals surface area contributed by atoms with Gasteiger partial charge in [-0.1, -0.05) is 13.0 Å². The summed E-state index contributed by atoms with van der Waals surface area (Å²) >= 11 is 0. The standard InChI is InChI=1S/C23H40N6O/c1-4-24-23(25-10-5-11-28-12-8-19(2)9-13-28)27-17-21-6-7-22(26-16-21)29-14-15-30-20(3)18-29/h6-7,16,19-20H,4-5,8-15,17-18H2,1-3H3,(H2,24,25,27). The molecule has 1 aromatic heterocycles. The van der Waals surface area contributed by atoms with E-state index in [1.807, 2.05) is 6.20 Å². The zero-order valence-electron chi connectivity index (χ0n) is 19.1. The quantitative estimate of drug-likeness (QED) is 0.386. The van der Waals surface area contributed by atoms with Gasteiger partial charge in [-0.3, -0.25) is 0 Å². The van der Waals surface area contributed by atoms with Crippen LogP contribution < -0.4 is 15.5 Å². The Bertz CT molecular complexity index is 642. The number of aromatic nitrogens is 1. The fourth-order valence-corrected chi connectivity index (χ4v) is 4.03. The van der Waals surface area contributed by atoms with Crippen molar-refractivity contribution in [3.8, 4) is 0 Å². The normalized spacial score (nSPS) is 21.6. The zero-order valence-corrected chi connectivity index (χ0v) is 19.1. The number of aliphatic imine (C=N–C) groups is 1. The lowest BCUT2D eigenvalue weighted by molar-refractivity contribution is 0.0529. The van der Waals surface area contributed by atoms with Crippen molar-refractivity contribution in [3.63, 3.8) is 0 Å². The second-order valence-corrected chi connectivity index (χ2v) is 8.65. The van der Waals surface area contributed by atoms with Crippen LogP contribution in [0, 0.1) is 5.92 Å². The summed E-state index contributed by atoms with van der Waals surface area (Å²) in [6.45, 7) is 15.3. The molecule has 0 spiro atoms. The van der Waals surface area contributed by atoms with Crippen LogP contribution in [0.2, 0.25) is 0 Å². The highest BCUT2D eigenvalue weighted by atomic mass is 16.5. The number of morpholine rings is 1. The number of pyridine rings is 1. The average molecular weight is 417 g/mol. The molecule has 1 atom stereocenters. The molecule has 0 aromatic carbocycles. The second kappa shape index (κ2) is 12.1. The minimum atomic E-state index is 0.261. The van der Waals surface area contributed by atoms with Gasteiger partial charge in [-0.2, -0.15) is 0 Å². The lowest BCUT2D eigenvalue weighted by atomic mass is 9.99. The molecule has 0 aliphatic carbocycles. The maximum Gasteiger partial charge on any atom is 0.191 e. The van der Waals surface area contributed by atoms with E-state index in [9.17, 15) is 0 Å². The van der Waals surface area contributed by atoms with Gasteiger partial charge in [0.2, 0.25) is 0 Å². The van der Waals surface area contributed by atoms with E-state index in [1.165, 1.54) is 32.5 Å². The monoisotopic (exact) mass is 416 g/mol. The number of nitrogens with one attached hydrogen (secondary N) is 2. The van der Waals surface area contributed by atoms with Crippen molar-refractivity contribution >= 4 is 11.8 Å². The molecule has 2 aliphatic heterocycles. The Balaban J connectivity index is 1.42. The van der Waals surface area contributed by atoms with E-state index in [4.69, 9.17) is 9.73 Å². The van der Waals surface area contributed by atoms with E-state index in [1.54, 1.807) is 0 Å². The molecule has 0 bridgehead atoms. The average Bonchev–Trinajstić information content (AvgIpc) is 2.76. The van der Waals surface area contributed by atoms with Crippen LogP contribution in [0.1, 0.15) is 45.6 Å². The van der Waals surface area contributed by atoms with Gasteiger partial charge in [0.05, 0.1) is 19.3 Å². The smallest absolute Gasteiger partial charge is 0.191 e. The fraction of sp³-hybridized carbons (Fsp3) is 0.739. The van der Waals surface area contributed by atoms with Crippen molar-refractivity contribution < 1.29 is 4.74 Å². The van der Waals surface area contributed by atoms with Gasteiger partial charge in [0, 0.05) is 32.4 Å². The van der Waals surface area contributed by atoms with Gasteiger partial charge in [0.1, 0.15) is 5.82 Å². The van der Waals surface area contributed by atoms with Crippen molar-refractivity contribution in [3.05, 3.63) is 23.9 Å². The molecule has 30 heavy (non-hydrogen) atoms. The van der Waals surface area contributed by atoms with Crippen LogP contribution in [-0.4, -0.2) is 74.4 Å². The SMILES string of the molecule is CCNC(=NCc1ccc(N2CCOC(C)C2)nc1)NCCCN1CCC(C)CC1. The van der Waals surface area contributed by atoms with E-state index in [2.05, 4.69) is 58.3 Å². The maximum atomic E-state index is 5.62. The van der Waals surface area contributed by atoms with Gasteiger partial charge in [0.15, 0.2) is 5.96 Å². The molecule has 2 fully saturated rings. The minimum absolute atomic E-state index is 0.261. The number of piperidine rings is 1. The predicted octanol–water partition coefficient (Wildman–Crippen LogP) is 2.48. The number of rotatable bonds is 8. The number of nitrogens with zero attached hydrogens (tertiary/aromatic N) is 4. The van der Waals surface area contributed by atoms with Gasteiger partial charge in [-0.05, 0) is 70.3 Å². The highest BCUT2D eigenvalue weighted by Crippen LogP contribution is 2.16. The number of hydrogen-bond acceptors (Lipinski definition) is 5. The van der Waals surface area contributed by atoms with Crippen molar-refractivity contribution in [2.75, 3.05) is 57.3 Å². The highest BCUT2D eigenvalue weighted by Gasteiger charge is 2.17. The minimum Gasteiger partial charge on any atom is -0.375 e. The molecular weight excluding hydrogens is 376 g/mol. The zero-order chi connectivity index (χ0) is 21.2. The maximum absolute atomic E-state index is 5.62. The third-order valence-corrected chi connectivity index (χ3v) is 5.96. The van der Waals surface area contributed by atoms with Crippen molar-refractivity contribution in [2.24, 2.45) is 10.9 Å². The molecule has 3 heterocycles. The Morgan fingerprint density at radius 3 is 2.73 bits per heavy atom. The summed E-state index contributed by atoms with van der Waals surface area (Å²) in [5.41, 5.74) is 1.12. The van der Waals surface area contributed by atoms with Gasteiger partial charge < -0.3 is 25.2 Å². The molecule has 0 radical (unpaired) electrons. The van der Waals surface area contributed by atoms with Crippen molar-refractivity contribution in [1.82, 2.24) is 20.5 Å². The summed E-state index contributed by atoms with van der Waals surface area (Å²) in [5.74, 6) is 2.80. The topological polar surface area (TPSA) is 65.0 Å². The largest absolute Gasteiger partial charge is 0.375 e. The van der Waals surface area contributed by atoms with Crippen LogP contribution in [0.5, 0.6) is 0 Å². The van der Waals surface area contributed by atoms with Crippen molar-refractivity contribution in [1.29, 1.82) is 0 Å². The summed E-state index contributed by atoms with van der Waals surface area (Å²) < 4.78 is 5.62. The number of anilines is 1. The van der Waals surface area contributed by atoms with Crippen LogP contribution >= 0.6 is 0 Å². The number of likely N-dealkylation sites (tertiary alicyclic amines) is 1. The first-order valence-electron chi connectivity index (χ1n) is 11.7. The first kappa shape index (κ1) is 22.8. The lowest BCUT2D eigenvalue weighted by Crippen LogP contribution is -2.41. The van der Waals surface area contributed by atoms with E-state index < -0.39 is 0 Å². The number of guanidine groups is 1. The summed E-state index contributed by atoms with van der Waals surface area (Å²) in [7, 11) is 0. The third kappa shape index (κ3) is 7.43. The molecule has 2 aliphatic rings. The summed E-state index contributed by atoms with van der Waals surface area (Å²) in [6.07, 6.45) is 6.04. The Kier molecular flexibility index (Phi) is 9.21. The van der Waals surface area contributed by atoms with Gasteiger partial charge in [-0.25, -0.2) is 9.98 Å². The number of hydrogen-bond donors (Lipinski definition) is 2. The Labute approximate surface area is 182 Å². The van der Waals surface area contributed by atoms with E-state index in [0.29, 0.717) is 6.54 Å². The molecule has 7 nitrogen and oxygen atoms in total. The molecule has 2 N–H and O–H groups in total. The van der Waals surface area contributed by atoms with Gasteiger partial charge in [-0.15, -0.1) is 0 Å². The predicted molar refractivity (Wildman–Crippen MR) is 124 cm³/mol. The first-order valence-corrected chi connectivity index (χ1v) is 11.7. The molecular formula is C23H40N6O. The molecule has 7 heteroatoms. The number of ether oxygens (including phenoxy) is 1. The fourth-order valence-electron chi connectivity index (χ4n) is 4.03. The van der Waals surface area contributed by atoms with E-state index in [-0.39, 0.29) is 6.10 Å². The lowest BCUT2D eigenvalue weighted by Gasteiger charge is -2.32. The Hall–Kier alpha value is -1.86. The molecule has 1 aromatic rings. The van der Waals surface area contributed by atoms with E-state index in [0.717, 1.165) is 62.5 Å². The summed E-state index contributed by atoms with van der Waals surface area (Å²) in [5, 5.41) is 6.82. The molecule has 0 amide bonds. The van der Waals surface area contributed by atoms with Crippen LogP contribution in [0.15, 0.2) is 23.3 Å².